The largest absolute Gasteiger partial charge is 0.364 e. The van der Waals surface area contributed by atoms with Crippen molar-refractivity contribution < 1.29 is 13.3 Å². The topological polar surface area (TPSA) is 107 Å². The van der Waals surface area contributed by atoms with Crippen LogP contribution in [0.15, 0.2) is 34.5 Å². The summed E-state index contributed by atoms with van der Waals surface area (Å²) in [4.78, 5) is 12.6. The highest BCUT2D eigenvalue weighted by atomic mass is 32.2. The molecule has 1 aliphatic heterocycles. The third-order valence-corrected chi connectivity index (χ3v) is 5.75. The predicted octanol–water partition coefficient (Wildman–Crippen LogP) is 2.25. The Bertz CT molecular complexity index is 876. The standard InChI is InChI=1S/C14H15N3O4S2/c1-9-4-11-6-12(23(15,20)21)2-3-13(11)16(9)7-10-5-14(17(18)19)22-8-10/h2-3,5-6,8-9H,4,7H2,1H3,(H2,15,20,21)/t9-/m1/s1. The van der Waals surface area contributed by atoms with Gasteiger partial charge in [-0.3, -0.25) is 10.1 Å². The molecule has 122 valence electrons. The zero-order valence-electron chi connectivity index (χ0n) is 12.3. The second-order valence-corrected chi connectivity index (χ2v) is 8.02. The molecule has 0 fully saturated rings. The first-order valence-corrected chi connectivity index (χ1v) is 9.32. The van der Waals surface area contributed by atoms with Crippen LogP contribution in [0.2, 0.25) is 0 Å². The summed E-state index contributed by atoms with van der Waals surface area (Å²) < 4.78 is 22.9. The molecule has 9 heteroatoms. The third-order valence-electron chi connectivity index (χ3n) is 3.91. The van der Waals surface area contributed by atoms with E-state index >= 15 is 0 Å². The van der Waals surface area contributed by atoms with Crippen molar-refractivity contribution in [2.45, 2.75) is 30.8 Å². The normalized spacial score (nSPS) is 17.3. The van der Waals surface area contributed by atoms with Crippen molar-refractivity contribution in [2.75, 3.05) is 4.90 Å². The molecule has 0 spiro atoms. The van der Waals surface area contributed by atoms with Gasteiger partial charge in [-0.25, -0.2) is 13.6 Å². The number of nitro groups is 1. The average Bonchev–Trinajstić information content (AvgIpc) is 3.03. The quantitative estimate of drug-likeness (QED) is 0.670. The molecule has 2 aromatic rings. The fourth-order valence-electron chi connectivity index (χ4n) is 2.83. The number of hydrogen-bond acceptors (Lipinski definition) is 6. The second-order valence-electron chi connectivity index (χ2n) is 5.57. The molecule has 0 aliphatic carbocycles. The number of rotatable bonds is 4. The number of sulfonamides is 1. The van der Waals surface area contributed by atoms with Crippen LogP contribution in [-0.4, -0.2) is 19.4 Å². The summed E-state index contributed by atoms with van der Waals surface area (Å²) in [5.41, 5.74) is 2.74. The van der Waals surface area contributed by atoms with E-state index in [9.17, 15) is 18.5 Å². The van der Waals surface area contributed by atoms with E-state index in [1.165, 1.54) is 6.07 Å². The number of anilines is 1. The molecule has 0 unspecified atom stereocenters. The molecule has 0 saturated heterocycles. The average molecular weight is 353 g/mol. The molecule has 1 aromatic heterocycles. The van der Waals surface area contributed by atoms with Crippen LogP contribution in [0.5, 0.6) is 0 Å². The summed E-state index contributed by atoms with van der Waals surface area (Å²) in [7, 11) is -3.72. The first kappa shape index (κ1) is 15.9. The van der Waals surface area contributed by atoms with Crippen LogP contribution in [0.4, 0.5) is 10.7 Å². The highest BCUT2D eigenvalue weighted by Gasteiger charge is 2.28. The van der Waals surface area contributed by atoms with Crippen molar-refractivity contribution in [1.29, 1.82) is 0 Å². The zero-order valence-corrected chi connectivity index (χ0v) is 13.9. The molecule has 23 heavy (non-hydrogen) atoms. The van der Waals surface area contributed by atoms with E-state index < -0.39 is 14.9 Å². The van der Waals surface area contributed by atoms with Gasteiger partial charge in [-0.1, -0.05) is 11.3 Å². The zero-order chi connectivity index (χ0) is 16.8. The van der Waals surface area contributed by atoms with Crippen LogP contribution in [0.3, 0.4) is 0 Å². The summed E-state index contributed by atoms with van der Waals surface area (Å²) in [6.45, 7) is 2.59. The molecule has 0 radical (unpaired) electrons. The third kappa shape index (κ3) is 3.07. The van der Waals surface area contributed by atoms with Gasteiger partial charge in [0.1, 0.15) is 0 Å². The van der Waals surface area contributed by atoms with Crippen LogP contribution >= 0.6 is 11.3 Å². The molecule has 0 saturated carbocycles. The van der Waals surface area contributed by atoms with Gasteiger partial charge in [0.05, 0.1) is 9.82 Å². The molecule has 2 N–H and O–H groups in total. The smallest absolute Gasteiger partial charge is 0.324 e. The maximum absolute atomic E-state index is 11.5. The number of nitrogens with zero attached hydrogens (tertiary/aromatic N) is 2. The minimum Gasteiger partial charge on any atom is -0.364 e. The minimum atomic E-state index is -3.72. The molecule has 0 bridgehead atoms. The Balaban J connectivity index is 1.89. The first-order valence-electron chi connectivity index (χ1n) is 6.90. The summed E-state index contributed by atoms with van der Waals surface area (Å²) in [5, 5.41) is 17.9. The first-order chi connectivity index (χ1) is 10.8. The lowest BCUT2D eigenvalue weighted by Crippen LogP contribution is -2.28. The van der Waals surface area contributed by atoms with Crippen LogP contribution in [0.1, 0.15) is 18.1 Å². The van der Waals surface area contributed by atoms with Gasteiger partial charge in [0, 0.05) is 29.7 Å². The monoisotopic (exact) mass is 353 g/mol. The van der Waals surface area contributed by atoms with E-state index in [1.807, 2.05) is 6.92 Å². The Morgan fingerprint density at radius 2 is 2.17 bits per heavy atom. The highest BCUT2D eigenvalue weighted by molar-refractivity contribution is 7.89. The number of hydrogen-bond donors (Lipinski definition) is 1. The molecule has 2 heterocycles. The van der Waals surface area contributed by atoms with E-state index in [1.54, 1.807) is 23.6 Å². The Hall–Kier alpha value is -1.97. The van der Waals surface area contributed by atoms with E-state index in [-0.39, 0.29) is 15.9 Å². The fraction of sp³-hybridized carbons (Fsp3) is 0.286. The lowest BCUT2D eigenvalue weighted by atomic mass is 10.1. The van der Waals surface area contributed by atoms with Gasteiger partial charge in [0.2, 0.25) is 10.0 Å². The summed E-state index contributed by atoms with van der Waals surface area (Å²) in [6, 6.07) is 6.61. The molecular weight excluding hydrogens is 338 g/mol. The van der Waals surface area contributed by atoms with Gasteiger partial charge >= 0.3 is 5.00 Å². The Labute approximate surface area is 137 Å². The van der Waals surface area contributed by atoms with E-state index in [2.05, 4.69) is 4.90 Å². The molecule has 1 atom stereocenters. The lowest BCUT2D eigenvalue weighted by molar-refractivity contribution is -0.380. The maximum Gasteiger partial charge on any atom is 0.324 e. The highest BCUT2D eigenvalue weighted by Crippen LogP contribution is 2.35. The number of benzene rings is 1. The van der Waals surface area contributed by atoms with Gasteiger partial charge < -0.3 is 4.90 Å². The molecular formula is C14H15N3O4S2. The van der Waals surface area contributed by atoms with Gasteiger partial charge in [0.15, 0.2) is 0 Å². The molecule has 1 aromatic carbocycles. The SMILES string of the molecule is C[C@@H]1Cc2cc(S(N)(=O)=O)ccc2N1Cc1csc([N+](=O)[O-])c1. The van der Waals surface area contributed by atoms with E-state index in [0.29, 0.717) is 13.0 Å². The van der Waals surface area contributed by atoms with Crippen LogP contribution in [0.25, 0.3) is 0 Å². The fourth-order valence-corrected chi connectivity index (χ4v) is 4.11. The van der Waals surface area contributed by atoms with Crippen molar-refractivity contribution >= 4 is 32.0 Å². The van der Waals surface area contributed by atoms with Crippen molar-refractivity contribution in [3.63, 3.8) is 0 Å². The minimum absolute atomic E-state index is 0.108. The van der Waals surface area contributed by atoms with Crippen molar-refractivity contribution in [1.82, 2.24) is 0 Å². The predicted molar refractivity (Wildman–Crippen MR) is 88.1 cm³/mol. The van der Waals surface area contributed by atoms with E-state index in [0.717, 1.165) is 28.2 Å². The van der Waals surface area contributed by atoms with Crippen LogP contribution < -0.4 is 10.0 Å². The summed E-state index contributed by atoms with van der Waals surface area (Å²) in [5.74, 6) is 0. The van der Waals surface area contributed by atoms with Crippen molar-refractivity contribution in [2.24, 2.45) is 5.14 Å². The van der Waals surface area contributed by atoms with Crippen LogP contribution in [0, 0.1) is 10.1 Å². The Kier molecular flexibility index (Phi) is 3.86. The number of primary sulfonamides is 1. The molecule has 0 amide bonds. The summed E-state index contributed by atoms with van der Waals surface area (Å²) in [6.07, 6.45) is 0.713. The summed E-state index contributed by atoms with van der Waals surface area (Å²) >= 11 is 1.11. The molecule has 1 aliphatic rings. The van der Waals surface area contributed by atoms with Gasteiger partial charge in [-0.05, 0) is 42.7 Å². The van der Waals surface area contributed by atoms with Gasteiger partial charge in [0.25, 0.3) is 0 Å². The number of nitrogens with two attached hydrogens (primary N) is 1. The number of fused-ring (bicyclic) bond motifs is 1. The van der Waals surface area contributed by atoms with E-state index in [4.69, 9.17) is 5.14 Å². The van der Waals surface area contributed by atoms with Crippen molar-refractivity contribution in [3.8, 4) is 0 Å². The maximum atomic E-state index is 11.5. The lowest BCUT2D eigenvalue weighted by Gasteiger charge is -2.24. The van der Waals surface area contributed by atoms with Crippen molar-refractivity contribution in [3.05, 3.63) is 50.9 Å². The van der Waals surface area contributed by atoms with Crippen LogP contribution in [-0.2, 0) is 23.0 Å². The second kappa shape index (κ2) is 5.59. The molecule has 3 rings (SSSR count). The van der Waals surface area contributed by atoms with Gasteiger partial charge in [-0.15, -0.1) is 0 Å². The van der Waals surface area contributed by atoms with Gasteiger partial charge in [-0.2, -0.15) is 0 Å². The Morgan fingerprint density at radius 3 is 2.78 bits per heavy atom. The molecule has 7 nitrogen and oxygen atoms in total. The Morgan fingerprint density at radius 1 is 1.43 bits per heavy atom. The number of thiophene rings is 1.